The number of nitrogens with one attached hydrogen (secondary N) is 1. The first-order chi connectivity index (χ1) is 8.56. The van der Waals surface area contributed by atoms with E-state index < -0.39 is 5.97 Å². The number of nitrogen functional groups attached to an aromatic ring is 1. The first kappa shape index (κ1) is 12.1. The second-order valence-corrected chi connectivity index (χ2v) is 3.80. The van der Waals surface area contributed by atoms with Crippen molar-refractivity contribution in [3.8, 4) is 0 Å². The fraction of sp³-hybridized carbons (Fsp3) is 0. The Labute approximate surface area is 107 Å². The Balaban J connectivity index is 2.37. The van der Waals surface area contributed by atoms with Gasteiger partial charge in [-0.1, -0.05) is 23.7 Å². The Morgan fingerprint density at radius 3 is 2.72 bits per heavy atom. The highest BCUT2D eigenvalue weighted by atomic mass is 35.5. The number of aromatic carboxylic acids is 1. The lowest BCUT2D eigenvalue weighted by molar-refractivity contribution is 0.0698. The molecule has 2 rings (SSSR count). The molecule has 6 nitrogen and oxygen atoms in total. The van der Waals surface area contributed by atoms with E-state index in [4.69, 9.17) is 22.4 Å². The SMILES string of the molecule is Nc1nc(Cl)cc(Nc2ccccc2C(=O)O)n1. The van der Waals surface area contributed by atoms with Crippen molar-refractivity contribution in [2.45, 2.75) is 0 Å². The lowest BCUT2D eigenvalue weighted by Crippen LogP contribution is -2.04. The number of carboxylic acid groups (broad SMARTS) is 1. The lowest BCUT2D eigenvalue weighted by atomic mass is 10.2. The Kier molecular flexibility index (Phi) is 3.29. The van der Waals surface area contributed by atoms with Crippen molar-refractivity contribution in [1.82, 2.24) is 9.97 Å². The molecule has 1 heterocycles. The van der Waals surface area contributed by atoms with Gasteiger partial charge in [0.2, 0.25) is 5.95 Å². The van der Waals surface area contributed by atoms with E-state index in [2.05, 4.69) is 15.3 Å². The van der Waals surface area contributed by atoms with Crippen LogP contribution in [0.1, 0.15) is 10.4 Å². The Morgan fingerprint density at radius 2 is 2.06 bits per heavy atom. The van der Waals surface area contributed by atoms with Gasteiger partial charge >= 0.3 is 5.97 Å². The van der Waals surface area contributed by atoms with Crippen molar-refractivity contribution >= 4 is 35.0 Å². The predicted molar refractivity (Wildman–Crippen MR) is 68.1 cm³/mol. The molecule has 92 valence electrons. The summed E-state index contributed by atoms with van der Waals surface area (Å²) in [6.07, 6.45) is 0. The molecule has 18 heavy (non-hydrogen) atoms. The number of carboxylic acids is 1. The maximum Gasteiger partial charge on any atom is 0.337 e. The highest BCUT2D eigenvalue weighted by molar-refractivity contribution is 6.29. The summed E-state index contributed by atoms with van der Waals surface area (Å²) >= 11 is 5.73. The van der Waals surface area contributed by atoms with Crippen LogP contribution in [0.4, 0.5) is 17.5 Å². The average molecular weight is 265 g/mol. The molecule has 1 aromatic carbocycles. The third-order valence-corrected chi connectivity index (χ3v) is 2.33. The van der Waals surface area contributed by atoms with E-state index in [1.807, 2.05) is 0 Å². The average Bonchev–Trinajstić information content (AvgIpc) is 2.27. The molecule has 0 saturated heterocycles. The molecule has 0 saturated carbocycles. The maximum atomic E-state index is 11.0. The van der Waals surface area contributed by atoms with Crippen LogP contribution < -0.4 is 11.1 Å². The van der Waals surface area contributed by atoms with Crippen LogP contribution in [0.25, 0.3) is 0 Å². The molecule has 2 aromatic rings. The van der Waals surface area contributed by atoms with Gasteiger partial charge in [0.1, 0.15) is 11.0 Å². The molecule has 0 unspecified atom stereocenters. The molecular weight excluding hydrogens is 256 g/mol. The van der Waals surface area contributed by atoms with E-state index in [-0.39, 0.29) is 16.7 Å². The first-order valence-electron chi connectivity index (χ1n) is 4.95. The van der Waals surface area contributed by atoms with Gasteiger partial charge in [0.25, 0.3) is 0 Å². The lowest BCUT2D eigenvalue weighted by Gasteiger charge is -2.08. The van der Waals surface area contributed by atoms with Crippen LogP contribution in [0, 0.1) is 0 Å². The monoisotopic (exact) mass is 264 g/mol. The number of para-hydroxylation sites is 1. The van der Waals surface area contributed by atoms with Gasteiger partial charge in [-0.2, -0.15) is 4.98 Å². The minimum Gasteiger partial charge on any atom is -0.478 e. The fourth-order valence-corrected chi connectivity index (χ4v) is 1.61. The van der Waals surface area contributed by atoms with E-state index in [0.717, 1.165) is 0 Å². The molecule has 1 aromatic heterocycles. The number of anilines is 3. The minimum absolute atomic E-state index is 0.0119. The van der Waals surface area contributed by atoms with Gasteiger partial charge in [-0.15, -0.1) is 0 Å². The third-order valence-electron chi connectivity index (χ3n) is 2.13. The van der Waals surface area contributed by atoms with E-state index in [9.17, 15) is 4.79 Å². The normalized spacial score (nSPS) is 10.1. The van der Waals surface area contributed by atoms with Crippen LogP contribution in [-0.4, -0.2) is 21.0 Å². The van der Waals surface area contributed by atoms with Crippen LogP contribution in [0.2, 0.25) is 5.15 Å². The summed E-state index contributed by atoms with van der Waals surface area (Å²) in [7, 11) is 0. The predicted octanol–water partition coefficient (Wildman–Crippen LogP) is 2.15. The van der Waals surface area contributed by atoms with Gasteiger partial charge in [0.05, 0.1) is 11.3 Å². The van der Waals surface area contributed by atoms with Gasteiger partial charge in [0, 0.05) is 6.07 Å². The van der Waals surface area contributed by atoms with Gasteiger partial charge in [0.15, 0.2) is 0 Å². The summed E-state index contributed by atoms with van der Waals surface area (Å²) in [5.74, 6) is -0.690. The first-order valence-corrected chi connectivity index (χ1v) is 5.33. The number of hydrogen-bond donors (Lipinski definition) is 3. The largest absolute Gasteiger partial charge is 0.478 e. The van der Waals surface area contributed by atoms with Crippen LogP contribution in [0.3, 0.4) is 0 Å². The molecule has 0 bridgehead atoms. The summed E-state index contributed by atoms with van der Waals surface area (Å²) in [5.41, 5.74) is 5.98. The minimum atomic E-state index is -1.04. The number of rotatable bonds is 3. The number of nitrogens with zero attached hydrogens (tertiary/aromatic N) is 2. The molecule has 0 aliphatic heterocycles. The maximum absolute atomic E-state index is 11.0. The Morgan fingerprint density at radius 1 is 1.33 bits per heavy atom. The van der Waals surface area contributed by atoms with Crippen molar-refractivity contribution < 1.29 is 9.90 Å². The molecular formula is C11H9ClN4O2. The summed E-state index contributed by atoms with van der Waals surface area (Å²) in [6, 6.07) is 7.90. The van der Waals surface area contributed by atoms with Gasteiger partial charge in [-0.05, 0) is 12.1 Å². The summed E-state index contributed by atoms with van der Waals surface area (Å²) < 4.78 is 0. The van der Waals surface area contributed by atoms with E-state index in [0.29, 0.717) is 11.5 Å². The smallest absolute Gasteiger partial charge is 0.337 e. The zero-order valence-corrected chi connectivity index (χ0v) is 9.85. The third kappa shape index (κ3) is 2.67. The number of nitrogens with two attached hydrogens (primary N) is 1. The second-order valence-electron chi connectivity index (χ2n) is 3.41. The number of benzene rings is 1. The molecule has 0 aliphatic carbocycles. The number of halogens is 1. The van der Waals surface area contributed by atoms with E-state index >= 15 is 0 Å². The zero-order chi connectivity index (χ0) is 13.1. The number of aromatic nitrogens is 2. The van der Waals surface area contributed by atoms with E-state index in [1.165, 1.54) is 12.1 Å². The molecule has 0 atom stereocenters. The van der Waals surface area contributed by atoms with Crippen LogP contribution >= 0.6 is 11.6 Å². The Hall–Kier alpha value is -2.34. The summed E-state index contributed by atoms with van der Waals surface area (Å²) in [6.45, 7) is 0. The topological polar surface area (TPSA) is 101 Å². The van der Waals surface area contributed by atoms with Crippen molar-refractivity contribution in [2.75, 3.05) is 11.1 Å². The summed E-state index contributed by atoms with van der Waals surface area (Å²) in [4.78, 5) is 18.6. The molecule has 0 radical (unpaired) electrons. The van der Waals surface area contributed by atoms with Gasteiger partial charge in [-0.3, -0.25) is 0 Å². The molecule has 0 spiro atoms. The molecule has 4 N–H and O–H groups in total. The summed E-state index contributed by atoms with van der Waals surface area (Å²) in [5, 5.41) is 12.0. The molecule has 0 fully saturated rings. The standard InChI is InChI=1S/C11H9ClN4O2/c12-8-5-9(16-11(13)15-8)14-7-4-2-1-3-6(7)10(17)18/h1-5H,(H,17,18)(H3,13,14,15,16). The van der Waals surface area contributed by atoms with Crippen LogP contribution in [0.5, 0.6) is 0 Å². The quantitative estimate of drug-likeness (QED) is 0.734. The van der Waals surface area contributed by atoms with Gasteiger partial charge in [-0.25, -0.2) is 9.78 Å². The second kappa shape index (κ2) is 4.89. The highest BCUT2D eigenvalue weighted by Crippen LogP contribution is 2.21. The fourth-order valence-electron chi connectivity index (χ4n) is 1.42. The van der Waals surface area contributed by atoms with Crippen molar-refractivity contribution in [1.29, 1.82) is 0 Å². The van der Waals surface area contributed by atoms with Gasteiger partial charge < -0.3 is 16.2 Å². The van der Waals surface area contributed by atoms with Crippen molar-refractivity contribution in [3.63, 3.8) is 0 Å². The zero-order valence-electron chi connectivity index (χ0n) is 9.09. The molecule has 7 heteroatoms. The number of hydrogen-bond acceptors (Lipinski definition) is 5. The highest BCUT2D eigenvalue weighted by Gasteiger charge is 2.10. The van der Waals surface area contributed by atoms with Crippen LogP contribution in [0.15, 0.2) is 30.3 Å². The van der Waals surface area contributed by atoms with Crippen molar-refractivity contribution in [3.05, 3.63) is 41.0 Å². The Bertz CT molecular complexity index is 583. The molecule has 0 amide bonds. The van der Waals surface area contributed by atoms with Crippen molar-refractivity contribution in [2.24, 2.45) is 0 Å². The molecule has 0 aliphatic rings. The van der Waals surface area contributed by atoms with Crippen LogP contribution in [-0.2, 0) is 0 Å². The number of carbonyl (C=O) groups is 1. The van der Waals surface area contributed by atoms with E-state index in [1.54, 1.807) is 18.2 Å².